The summed E-state index contributed by atoms with van der Waals surface area (Å²) in [4.78, 5) is 0. The molecule has 0 heterocycles. The van der Waals surface area contributed by atoms with Gasteiger partial charge in [0.25, 0.3) is 0 Å². The van der Waals surface area contributed by atoms with Gasteiger partial charge in [0.05, 0.1) is 53.5 Å². The second-order valence-corrected chi connectivity index (χ2v) is 19.3. The molecule has 0 aromatic heterocycles. The number of ether oxygens (including phenoxy) is 8. The molecule has 8 nitrogen and oxygen atoms in total. The van der Waals surface area contributed by atoms with E-state index in [4.69, 9.17) is 37.9 Å². The van der Waals surface area contributed by atoms with Crippen LogP contribution in [-0.2, 0) is 33.5 Å². The van der Waals surface area contributed by atoms with Crippen molar-refractivity contribution in [2.45, 2.75) is 53.4 Å². The number of hydrogen-bond donors (Lipinski definition) is 0. The van der Waals surface area contributed by atoms with Crippen molar-refractivity contribution in [1.82, 2.24) is 0 Å². The standard InChI is InChI=1S/C18H20F2O2.C18H18F2O2.C17H18F2O2.C16H16F2O2/c2*1-3-11-22-16-9-8-15(17(19)18(16)20)14-6-4-13(5-7-14)10-12-21-2;1-11(2)10-21-15-9-8-14(16(18)17(15)19)12-4-6-13(20-3)7-5-12;1-19-10-9-11-3-5-12(6-4-11)13-7-8-14(20-2)16(18)15(13)17/h4-9H,3,10-12H2,1-2H3;3-9,11H,10,12H2,1-2H3;4-9,11H,10H2,1-3H3;3-8H,9-10H2,1-2H3/b;11-3+;;. The second kappa shape index (κ2) is 35.2. The van der Waals surface area contributed by atoms with Crippen LogP contribution in [0.2, 0.25) is 0 Å². The van der Waals surface area contributed by atoms with E-state index < -0.39 is 46.5 Å². The molecule has 0 fully saturated rings. The number of halogens is 8. The minimum Gasteiger partial charge on any atom is -0.497 e. The van der Waals surface area contributed by atoms with Crippen LogP contribution in [0.3, 0.4) is 0 Å². The van der Waals surface area contributed by atoms with E-state index in [1.807, 2.05) is 57.2 Å². The molecule has 0 amide bonds. The molecule has 8 rings (SSSR count). The van der Waals surface area contributed by atoms with E-state index in [1.54, 1.807) is 108 Å². The predicted octanol–water partition coefficient (Wildman–Crippen LogP) is 17.8. The fourth-order valence-electron chi connectivity index (χ4n) is 8.08. The maximum absolute atomic E-state index is 14.2. The van der Waals surface area contributed by atoms with Gasteiger partial charge in [0.2, 0.25) is 23.3 Å². The first kappa shape index (κ1) is 67.6. The number of allylic oxidation sites excluding steroid dienone is 1. The molecule has 85 heavy (non-hydrogen) atoms. The third kappa shape index (κ3) is 19.7. The lowest BCUT2D eigenvalue weighted by Gasteiger charge is -2.12. The number of benzene rings is 8. The second-order valence-electron chi connectivity index (χ2n) is 19.3. The molecule has 0 saturated carbocycles. The molecule has 0 aliphatic rings. The fraction of sp³-hybridized carbons (Fsp3) is 0.275. The lowest BCUT2D eigenvalue weighted by Crippen LogP contribution is -2.06. The van der Waals surface area contributed by atoms with E-state index in [0.29, 0.717) is 61.0 Å². The van der Waals surface area contributed by atoms with Gasteiger partial charge < -0.3 is 37.9 Å². The zero-order valence-electron chi connectivity index (χ0n) is 49.2. The zero-order chi connectivity index (χ0) is 61.8. The van der Waals surface area contributed by atoms with Gasteiger partial charge in [-0.1, -0.05) is 112 Å². The number of hydrogen-bond acceptors (Lipinski definition) is 8. The molecule has 0 N–H and O–H groups in total. The minimum atomic E-state index is -0.987. The Kier molecular flexibility index (Phi) is 28.0. The van der Waals surface area contributed by atoms with Crippen molar-refractivity contribution in [3.05, 3.63) is 221 Å². The van der Waals surface area contributed by atoms with Crippen molar-refractivity contribution in [3.63, 3.8) is 0 Å². The van der Waals surface area contributed by atoms with Gasteiger partial charge in [0, 0.05) is 43.6 Å². The maximum atomic E-state index is 14.2. The highest BCUT2D eigenvalue weighted by Crippen LogP contribution is 2.34. The summed E-state index contributed by atoms with van der Waals surface area (Å²) >= 11 is 0. The zero-order valence-corrected chi connectivity index (χ0v) is 49.2. The summed E-state index contributed by atoms with van der Waals surface area (Å²) in [6.07, 6.45) is 6.01. The van der Waals surface area contributed by atoms with E-state index in [0.717, 1.165) is 42.4 Å². The highest BCUT2D eigenvalue weighted by Gasteiger charge is 2.20. The highest BCUT2D eigenvalue weighted by atomic mass is 19.2. The number of methoxy groups -OCH3 is 5. The van der Waals surface area contributed by atoms with Crippen molar-refractivity contribution < 1.29 is 73.0 Å². The summed E-state index contributed by atoms with van der Waals surface area (Å²) in [6, 6.07) is 40.7. The summed E-state index contributed by atoms with van der Waals surface area (Å²) in [7, 11) is 7.79. The lowest BCUT2D eigenvalue weighted by molar-refractivity contribution is 0.202. The third-order valence-electron chi connectivity index (χ3n) is 12.8. The summed E-state index contributed by atoms with van der Waals surface area (Å²) in [5, 5.41) is 0. The first-order chi connectivity index (χ1) is 41.0. The lowest BCUT2D eigenvalue weighted by atomic mass is 10.0. The molecular formula is C69H72F8O8. The minimum absolute atomic E-state index is 0.0418. The third-order valence-corrected chi connectivity index (χ3v) is 12.8. The summed E-state index contributed by atoms with van der Waals surface area (Å²) < 4.78 is 152. The van der Waals surface area contributed by atoms with Crippen molar-refractivity contribution in [3.8, 4) is 73.3 Å². The van der Waals surface area contributed by atoms with Crippen molar-refractivity contribution >= 4 is 0 Å². The van der Waals surface area contributed by atoms with Gasteiger partial charge in [0.1, 0.15) is 5.75 Å². The van der Waals surface area contributed by atoms with E-state index in [-0.39, 0.29) is 51.2 Å². The van der Waals surface area contributed by atoms with E-state index >= 15 is 0 Å². The van der Waals surface area contributed by atoms with Gasteiger partial charge in [-0.2, -0.15) is 17.6 Å². The van der Waals surface area contributed by atoms with Crippen LogP contribution >= 0.6 is 0 Å². The quantitative estimate of drug-likeness (QED) is 0.0463. The van der Waals surface area contributed by atoms with E-state index in [2.05, 4.69) is 0 Å². The van der Waals surface area contributed by atoms with Crippen LogP contribution in [0.15, 0.2) is 158 Å². The van der Waals surface area contributed by atoms with Gasteiger partial charge in [-0.15, -0.1) is 0 Å². The van der Waals surface area contributed by atoms with Crippen molar-refractivity contribution in [2.24, 2.45) is 5.92 Å². The average molecular weight is 1180 g/mol. The molecule has 0 aliphatic heterocycles. The monoisotopic (exact) mass is 1180 g/mol. The van der Waals surface area contributed by atoms with Gasteiger partial charge in [-0.25, -0.2) is 17.6 Å². The van der Waals surface area contributed by atoms with Crippen molar-refractivity contribution in [1.29, 1.82) is 0 Å². The van der Waals surface area contributed by atoms with Crippen LogP contribution in [0.1, 0.15) is 50.8 Å². The summed E-state index contributed by atoms with van der Waals surface area (Å²) in [5.74, 6) is -6.84. The summed E-state index contributed by atoms with van der Waals surface area (Å²) in [5.41, 5.74) is 6.61. The molecule has 8 aromatic carbocycles. The van der Waals surface area contributed by atoms with Gasteiger partial charge in [0.15, 0.2) is 46.3 Å². The molecule has 16 heteroatoms. The molecule has 8 aromatic rings. The topological polar surface area (TPSA) is 73.8 Å². The molecule has 452 valence electrons. The normalized spacial score (nSPS) is 10.8. The maximum Gasteiger partial charge on any atom is 0.201 e. The van der Waals surface area contributed by atoms with Crippen LogP contribution in [0.5, 0.6) is 28.7 Å². The average Bonchev–Trinajstić information content (AvgIpc) is 3.14. The van der Waals surface area contributed by atoms with Crippen LogP contribution in [0.4, 0.5) is 35.1 Å². The Morgan fingerprint density at radius 2 is 0.694 bits per heavy atom. The Morgan fingerprint density at radius 3 is 1.02 bits per heavy atom. The molecule has 0 unspecified atom stereocenters. The Balaban J connectivity index is 0.000000207. The smallest absolute Gasteiger partial charge is 0.201 e. The van der Waals surface area contributed by atoms with Crippen molar-refractivity contribution in [2.75, 3.05) is 68.6 Å². The fourth-order valence-corrected chi connectivity index (χ4v) is 8.08. The Labute approximate surface area is 493 Å². The molecule has 0 bridgehead atoms. The Bertz CT molecular complexity index is 3340. The molecule has 0 aliphatic carbocycles. The van der Waals surface area contributed by atoms with Gasteiger partial charge >= 0.3 is 0 Å². The van der Waals surface area contributed by atoms with E-state index in [1.165, 1.54) is 55.8 Å². The van der Waals surface area contributed by atoms with Gasteiger partial charge in [-0.05, 0) is 138 Å². The Morgan fingerprint density at radius 1 is 0.365 bits per heavy atom. The largest absolute Gasteiger partial charge is 0.497 e. The molecule has 0 atom stereocenters. The highest BCUT2D eigenvalue weighted by molar-refractivity contribution is 5.69. The van der Waals surface area contributed by atoms with Crippen LogP contribution < -0.4 is 23.7 Å². The number of rotatable bonds is 23. The van der Waals surface area contributed by atoms with Crippen LogP contribution in [0.25, 0.3) is 44.5 Å². The van der Waals surface area contributed by atoms with Crippen LogP contribution in [0, 0.1) is 52.5 Å². The predicted molar refractivity (Wildman–Crippen MR) is 319 cm³/mol. The Hall–Kier alpha value is -8.18. The first-order valence-corrected chi connectivity index (χ1v) is 27.4. The first-order valence-electron chi connectivity index (χ1n) is 27.4. The SMILES string of the molecule is C/C=C/Oc1ccc(-c2ccc(CCOC)cc2)c(F)c1F.CCCOc1ccc(-c2ccc(CCOC)cc2)c(F)c1F.COCCc1ccc(-c2ccc(OC)c(F)c2F)cc1.COc1ccc(-c2ccc(OCC(C)C)c(F)c2F)cc1. The molecule has 0 saturated heterocycles. The van der Waals surface area contributed by atoms with E-state index in [9.17, 15) is 35.1 Å². The van der Waals surface area contributed by atoms with Crippen LogP contribution in [-0.4, -0.2) is 68.6 Å². The molecule has 0 radical (unpaired) electrons. The van der Waals surface area contributed by atoms with Gasteiger partial charge in [-0.3, -0.25) is 0 Å². The molecule has 0 spiro atoms. The summed E-state index contributed by atoms with van der Waals surface area (Å²) in [6.45, 7) is 10.1. The molecular weight excluding hydrogens is 1110 g/mol.